The van der Waals surface area contributed by atoms with Gasteiger partial charge in [-0.2, -0.15) is 0 Å². The first-order valence-electron chi connectivity index (χ1n) is 12.0. The van der Waals surface area contributed by atoms with E-state index in [1.54, 1.807) is 71.8 Å². The highest BCUT2D eigenvalue weighted by Crippen LogP contribution is 2.34. The molecule has 3 aromatic carbocycles. The van der Waals surface area contributed by atoms with Gasteiger partial charge in [0.05, 0.1) is 17.7 Å². The highest BCUT2D eigenvalue weighted by molar-refractivity contribution is 7.93. The predicted molar refractivity (Wildman–Crippen MR) is 140 cm³/mol. The first-order valence-corrected chi connectivity index (χ1v) is 13.5. The largest absolute Gasteiger partial charge is 0.392 e. The fourth-order valence-corrected chi connectivity index (χ4v) is 5.93. The molecule has 190 valence electrons. The normalized spacial score (nSPS) is 15.5. The molecule has 1 aliphatic heterocycles. The van der Waals surface area contributed by atoms with Crippen molar-refractivity contribution in [2.75, 3.05) is 17.8 Å². The summed E-state index contributed by atoms with van der Waals surface area (Å²) in [5.74, 6) is -0.182. The van der Waals surface area contributed by atoms with Gasteiger partial charge in [0.2, 0.25) is 0 Å². The Bertz CT molecular complexity index is 1540. The quantitative estimate of drug-likeness (QED) is 0.359. The number of benzene rings is 3. The number of aliphatic hydroxyl groups excluding tert-OH is 1. The van der Waals surface area contributed by atoms with Crippen molar-refractivity contribution in [1.29, 1.82) is 0 Å². The Morgan fingerprint density at radius 2 is 1.68 bits per heavy atom. The monoisotopic (exact) mass is 517 g/mol. The first kappa shape index (κ1) is 24.9. The topological polar surface area (TPSA) is 120 Å². The summed E-state index contributed by atoms with van der Waals surface area (Å²) in [5, 5.41) is 21.3. The standard InChI is InChI=1S/C28H27N3O5S/c32-19-20-4-1-7-23(18-20)28(34)13-16-31(17-14-28)27(33)22-9-11-24(12-10-22)30-37(35,36)25-8-2-5-21-6-3-15-29-26(21)25/h1-12,15,18,30,32,34H,13-14,16-17,19H2. The fraction of sp³-hybridized carbons (Fsp3) is 0.214. The second kappa shape index (κ2) is 9.93. The second-order valence-corrected chi connectivity index (χ2v) is 10.8. The van der Waals surface area contributed by atoms with Crippen LogP contribution in [-0.4, -0.2) is 47.5 Å². The molecule has 4 aromatic rings. The van der Waals surface area contributed by atoms with E-state index in [9.17, 15) is 23.4 Å². The van der Waals surface area contributed by atoms with Crippen LogP contribution < -0.4 is 4.72 Å². The van der Waals surface area contributed by atoms with Crippen LogP contribution in [0.1, 0.15) is 34.3 Å². The maximum Gasteiger partial charge on any atom is 0.264 e. The number of fused-ring (bicyclic) bond motifs is 1. The van der Waals surface area contributed by atoms with Gasteiger partial charge < -0.3 is 15.1 Å². The molecule has 2 heterocycles. The summed E-state index contributed by atoms with van der Waals surface area (Å²) in [6.45, 7) is 0.655. The Labute approximate surface area is 215 Å². The maximum atomic E-state index is 13.1. The number of aromatic nitrogens is 1. The number of hydrogen-bond donors (Lipinski definition) is 3. The molecule has 0 aliphatic carbocycles. The van der Waals surface area contributed by atoms with Gasteiger partial charge in [0, 0.05) is 35.9 Å². The number of pyridine rings is 1. The highest BCUT2D eigenvalue weighted by Gasteiger charge is 2.35. The van der Waals surface area contributed by atoms with Gasteiger partial charge in [0.15, 0.2) is 0 Å². The molecular formula is C28H27N3O5S. The van der Waals surface area contributed by atoms with E-state index in [1.165, 1.54) is 6.07 Å². The number of anilines is 1. The Kier molecular flexibility index (Phi) is 6.68. The summed E-state index contributed by atoms with van der Waals surface area (Å²) in [5.41, 5.74) is 1.57. The molecule has 1 fully saturated rings. The number of aliphatic hydroxyl groups is 2. The Balaban J connectivity index is 1.26. The molecule has 0 saturated carbocycles. The molecule has 0 unspecified atom stereocenters. The second-order valence-electron chi connectivity index (χ2n) is 9.20. The minimum Gasteiger partial charge on any atom is -0.392 e. The van der Waals surface area contributed by atoms with Gasteiger partial charge >= 0.3 is 0 Å². The van der Waals surface area contributed by atoms with Crippen LogP contribution in [0.4, 0.5) is 5.69 Å². The average molecular weight is 518 g/mol. The summed E-state index contributed by atoms with van der Waals surface area (Å²) in [6.07, 6.45) is 2.31. The molecule has 8 nitrogen and oxygen atoms in total. The number of para-hydroxylation sites is 1. The molecule has 0 atom stereocenters. The lowest BCUT2D eigenvalue weighted by Gasteiger charge is -2.38. The van der Waals surface area contributed by atoms with E-state index in [2.05, 4.69) is 9.71 Å². The number of nitrogens with one attached hydrogen (secondary N) is 1. The zero-order valence-corrected chi connectivity index (χ0v) is 20.9. The van der Waals surface area contributed by atoms with Crippen LogP contribution in [0.25, 0.3) is 10.9 Å². The Hall–Kier alpha value is -3.79. The third-order valence-electron chi connectivity index (χ3n) is 6.79. The van der Waals surface area contributed by atoms with Crippen LogP contribution in [0, 0.1) is 0 Å². The van der Waals surface area contributed by atoms with Crippen molar-refractivity contribution in [3.63, 3.8) is 0 Å². The molecular weight excluding hydrogens is 490 g/mol. The number of carbonyl (C=O) groups is 1. The lowest BCUT2D eigenvalue weighted by molar-refractivity contribution is -0.0212. The third-order valence-corrected chi connectivity index (χ3v) is 8.21. The number of nitrogens with zero attached hydrogens (tertiary/aromatic N) is 2. The number of likely N-dealkylation sites (tertiary alicyclic amines) is 1. The van der Waals surface area contributed by atoms with E-state index in [-0.39, 0.29) is 17.4 Å². The number of hydrogen-bond acceptors (Lipinski definition) is 6. The molecule has 5 rings (SSSR count). The lowest BCUT2D eigenvalue weighted by atomic mass is 9.83. The van der Waals surface area contributed by atoms with Crippen molar-refractivity contribution >= 4 is 32.5 Å². The third kappa shape index (κ3) is 5.06. The zero-order chi connectivity index (χ0) is 26.0. The number of carbonyl (C=O) groups excluding carboxylic acids is 1. The van der Waals surface area contributed by atoms with E-state index in [4.69, 9.17) is 0 Å². The van der Waals surface area contributed by atoms with E-state index >= 15 is 0 Å². The number of amides is 1. The predicted octanol–water partition coefficient (Wildman–Crippen LogP) is 3.65. The SMILES string of the molecule is O=C(c1ccc(NS(=O)(=O)c2cccc3cccnc23)cc1)N1CCC(O)(c2cccc(CO)c2)CC1. The van der Waals surface area contributed by atoms with Crippen molar-refractivity contribution in [1.82, 2.24) is 9.88 Å². The van der Waals surface area contributed by atoms with Gasteiger partial charge in [-0.25, -0.2) is 8.42 Å². The van der Waals surface area contributed by atoms with Crippen molar-refractivity contribution in [3.05, 3.63) is 102 Å². The molecule has 1 amide bonds. The highest BCUT2D eigenvalue weighted by atomic mass is 32.2. The van der Waals surface area contributed by atoms with Crippen LogP contribution in [0.15, 0.2) is 90.0 Å². The summed E-state index contributed by atoms with van der Waals surface area (Å²) in [6, 6.07) is 22.1. The van der Waals surface area contributed by atoms with E-state index < -0.39 is 15.6 Å². The summed E-state index contributed by atoms with van der Waals surface area (Å²) in [4.78, 5) is 19.1. The van der Waals surface area contributed by atoms with E-state index in [1.807, 2.05) is 12.1 Å². The summed E-state index contributed by atoms with van der Waals surface area (Å²) in [7, 11) is -3.89. The van der Waals surface area contributed by atoms with Gasteiger partial charge in [-0.3, -0.25) is 14.5 Å². The van der Waals surface area contributed by atoms with Gasteiger partial charge in [0.25, 0.3) is 15.9 Å². The summed E-state index contributed by atoms with van der Waals surface area (Å²) < 4.78 is 28.6. The molecule has 3 N–H and O–H groups in total. The average Bonchev–Trinajstić information content (AvgIpc) is 2.93. The van der Waals surface area contributed by atoms with Gasteiger partial charge in [0.1, 0.15) is 4.90 Å². The van der Waals surface area contributed by atoms with Crippen molar-refractivity contribution in [2.45, 2.75) is 29.9 Å². The maximum absolute atomic E-state index is 13.1. The number of piperidine rings is 1. The zero-order valence-electron chi connectivity index (χ0n) is 20.0. The molecule has 1 aromatic heterocycles. The molecule has 9 heteroatoms. The van der Waals surface area contributed by atoms with E-state index in [0.29, 0.717) is 42.7 Å². The molecule has 37 heavy (non-hydrogen) atoms. The molecule has 0 spiro atoms. The molecule has 1 aliphatic rings. The molecule has 0 radical (unpaired) electrons. The smallest absolute Gasteiger partial charge is 0.264 e. The molecule has 1 saturated heterocycles. The van der Waals surface area contributed by atoms with Crippen LogP contribution in [0.5, 0.6) is 0 Å². The van der Waals surface area contributed by atoms with Crippen LogP contribution >= 0.6 is 0 Å². The summed E-state index contributed by atoms with van der Waals surface area (Å²) >= 11 is 0. The lowest BCUT2D eigenvalue weighted by Crippen LogP contribution is -2.45. The minimum atomic E-state index is -3.89. The van der Waals surface area contributed by atoms with Crippen LogP contribution in [0.2, 0.25) is 0 Å². The molecule has 0 bridgehead atoms. The Morgan fingerprint density at radius 3 is 2.41 bits per heavy atom. The number of rotatable bonds is 6. The Morgan fingerprint density at radius 1 is 0.973 bits per heavy atom. The van der Waals surface area contributed by atoms with Gasteiger partial charge in [-0.05, 0) is 60.4 Å². The van der Waals surface area contributed by atoms with Crippen molar-refractivity contribution in [3.8, 4) is 0 Å². The van der Waals surface area contributed by atoms with Gasteiger partial charge in [-0.1, -0.05) is 42.5 Å². The van der Waals surface area contributed by atoms with Crippen molar-refractivity contribution in [2.24, 2.45) is 0 Å². The van der Waals surface area contributed by atoms with Crippen LogP contribution in [-0.2, 0) is 22.2 Å². The number of sulfonamides is 1. The fourth-order valence-electron chi connectivity index (χ4n) is 4.69. The minimum absolute atomic E-state index is 0.0797. The first-order chi connectivity index (χ1) is 17.8. The van der Waals surface area contributed by atoms with Gasteiger partial charge in [-0.15, -0.1) is 0 Å². The van der Waals surface area contributed by atoms with Crippen LogP contribution in [0.3, 0.4) is 0 Å². The van der Waals surface area contributed by atoms with Crippen molar-refractivity contribution < 1.29 is 23.4 Å². The van der Waals surface area contributed by atoms with E-state index in [0.717, 1.165) is 16.5 Å².